The maximum atomic E-state index is 2.73. The number of fused-ring (bicyclic) bond motifs is 2. The first-order valence-corrected chi connectivity index (χ1v) is 26.7. The van der Waals surface area contributed by atoms with Crippen molar-refractivity contribution in [3.8, 4) is 0 Å². The fraction of sp³-hybridized carbons (Fsp3) is 0.176. The maximum Gasteiger partial charge on any atom is -0.147 e. The average molecular weight is 635 g/mol. The molecular formula is C34H36Cl2SiZr. The van der Waals surface area contributed by atoms with Crippen LogP contribution in [0.1, 0.15) is 51.8 Å². The van der Waals surface area contributed by atoms with E-state index in [1.807, 2.05) is 0 Å². The van der Waals surface area contributed by atoms with E-state index in [1.165, 1.54) is 55.7 Å². The molecule has 2 aliphatic carbocycles. The molecule has 4 heteroatoms. The molecule has 194 valence electrons. The Kier molecular flexibility index (Phi) is 8.06. The first-order valence-electron chi connectivity index (χ1n) is 13.0. The predicted molar refractivity (Wildman–Crippen MR) is 171 cm³/mol. The van der Waals surface area contributed by atoms with Gasteiger partial charge < -0.3 is 0 Å². The Hall–Kier alpha value is -1.96. The molecule has 2 atom stereocenters. The summed E-state index contributed by atoms with van der Waals surface area (Å²) in [5.74, 6) is 0. The Morgan fingerprint density at radius 3 is 1.26 bits per heavy atom. The van der Waals surface area contributed by atoms with Gasteiger partial charge in [0, 0.05) is 0 Å². The maximum absolute atomic E-state index is 3.70. The first-order chi connectivity index (χ1) is 17.2. The summed E-state index contributed by atoms with van der Waals surface area (Å²) in [6, 6.07) is 36.3. The van der Waals surface area contributed by atoms with Crippen molar-refractivity contribution in [1.82, 2.24) is 0 Å². The summed E-state index contributed by atoms with van der Waals surface area (Å²) in [5.41, 5.74) is 14.5. The predicted octanol–water partition coefficient (Wildman–Crippen LogP) is 9.37. The topological polar surface area (TPSA) is 0 Å². The Labute approximate surface area is 242 Å². The molecule has 0 nitrogen and oxygen atoms in total. The van der Waals surface area contributed by atoms with Crippen molar-refractivity contribution in [2.45, 2.75) is 30.4 Å². The molecule has 1 unspecified atom stereocenters. The third-order valence-corrected chi connectivity index (χ3v) is 25.9. The Balaban J connectivity index is 0.00000168. The van der Waals surface area contributed by atoms with Gasteiger partial charge in [-0.15, -0.1) is 24.8 Å². The molecule has 0 aliphatic heterocycles. The molecule has 0 heterocycles. The fourth-order valence-corrected chi connectivity index (χ4v) is 25.7. The van der Waals surface area contributed by atoms with Crippen LogP contribution in [0.25, 0.3) is 23.3 Å². The Morgan fingerprint density at radius 2 is 0.868 bits per heavy atom. The van der Waals surface area contributed by atoms with E-state index in [-0.39, 0.29) is 24.8 Å². The van der Waals surface area contributed by atoms with Crippen LogP contribution in [0, 0.1) is 13.8 Å². The van der Waals surface area contributed by atoms with Crippen molar-refractivity contribution in [2.75, 3.05) is 0 Å². The summed E-state index contributed by atoms with van der Waals surface area (Å²) < 4.78 is 6.39. The van der Waals surface area contributed by atoms with Crippen LogP contribution in [0.2, 0.25) is 9.26 Å². The quantitative estimate of drug-likeness (QED) is 0.196. The third-order valence-electron chi connectivity index (χ3n) is 8.67. The zero-order chi connectivity index (χ0) is 25.1. The summed E-state index contributed by atoms with van der Waals surface area (Å²) in [6.07, 6.45) is 5.02. The van der Waals surface area contributed by atoms with Crippen LogP contribution in [0.15, 0.2) is 97.1 Å². The largest absolute Gasteiger partial charge is 0.147 e. The van der Waals surface area contributed by atoms with E-state index in [9.17, 15) is 0 Å². The van der Waals surface area contributed by atoms with Gasteiger partial charge >= 0.3 is 220 Å². The number of rotatable bonds is 4. The van der Waals surface area contributed by atoms with Crippen molar-refractivity contribution in [3.63, 3.8) is 0 Å². The summed E-state index contributed by atoms with van der Waals surface area (Å²) >= 11 is -3.70. The van der Waals surface area contributed by atoms with Gasteiger partial charge in [0.25, 0.3) is 0 Å². The smallest absolute Gasteiger partial charge is 0.147 e. The van der Waals surface area contributed by atoms with Gasteiger partial charge in [0.2, 0.25) is 0 Å². The SMILES string of the molecule is Cc1ccccc1C1=Cc2ccccc2[CH]1[Zr]([CH3])([CH3])(=[SiH2])[C@H]1C(c2ccccc2C)=Cc2ccccc21.Cl.Cl. The molecule has 6 rings (SSSR count). The molecule has 38 heavy (non-hydrogen) atoms. The summed E-state index contributed by atoms with van der Waals surface area (Å²) in [4.78, 5) is 0. The van der Waals surface area contributed by atoms with E-state index in [0.29, 0.717) is 7.25 Å². The second-order valence-corrected chi connectivity index (χ2v) is 42.4. The first kappa shape index (κ1) is 29.0. The number of halogens is 2. The molecule has 0 bridgehead atoms. The molecule has 4 aromatic rings. The molecule has 0 fully saturated rings. The van der Waals surface area contributed by atoms with Crippen molar-refractivity contribution in [2.24, 2.45) is 0 Å². The van der Waals surface area contributed by atoms with Gasteiger partial charge in [-0.3, -0.25) is 0 Å². The molecule has 0 saturated heterocycles. The molecule has 2 aliphatic rings. The van der Waals surface area contributed by atoms with E-state index in [4.69, 9.17) is 0 Å². The third kappa shape index (κ3) is 4.58. The van der Waals surface area contributed by atoms with E-state index in [2.05, 4.69) is 139 Å². The summed E-state index contributed by atoms with van der Waals surface area (Å²) in [6.45, 7) is 6.96. The van der Waals surface area contributed by atoms with Gasteiger partial charge in [-0.25, -0.2) is 0 Å². The molecule has 0 spiro atoms. The number of hydrogen-bond donors (Lipinski definition) is 0. The normalized spacial score (nSPS) is 17.9. The van der Waals surface area contributed by atoms with Crippen LogP contribution in [0.4, 0.5) is 0 Å². The van der Waals surface area contributed by atoms with E-state index in [0.717, 1.165) is 0 Å². The monoisotopic (exact) mass is 632 g/mol. The van der Waals surface area contributed by atoms with Gasteiger partial charge in [-0.05, 0) is 0 Å². The van der Waals surface area contributed by atoms with E-state index >= 15 is 0 Å². The van der Waals surface area contributed by atoms with E-state index < -0.39 is 17.4 Å². The van der Waals surface area contributed by atoms with Crippen LogP contribution >= 0.6 is 24.8 Å². The molecule has 0 amide bonds. The van der Waals surface area contributed by atoms with Gasteiger partial charge in [-0.2, -0.15) is 0 Å². The van der Waals surface area contributed by atoms with Gasteiger partial charge in [0.15, 0.2) is 0 Å². The molecule has 0 aromatic heterocycles. The Bertz CT molecular complexity index is 1540. The van der Waals surface area contributed by atoms with Crippen LogP contribution < -0.4 is 0 Å². The number of allylic oxidation sites excluding steroid dienone is 2. The minimum atomic E-state index is -3.70. The summed E-state index contributed by atoms with van der Waals surface area (Å²) in [5, 5.41) is 0. The zero-order valence-electron chi connectivity index (χ0n) is 22.6. The molecular weight excluding hydrogens is 599 g/mol. The number of aryl methyl sites for hydroxylation is 2. The molecule has 0 radical (unpaired) electrons. The van der Waals surface area contributed by atoms with Gasteiger partial charge in [0.1, 0.15) is 0 Å². The van der Waals surface area contributed by atoms with Crippen molar-refractivity contribution < 1.29 is 17.4 Å². The second-order valence-electron chi connectivity index (χ2n) is 11.9. The zero-order valence-corrected chi connectivity index (χ0v) is 28.1. The standard InChI is InChI=1S/2C16H13.2CH3.2ClH.H2Si.Zr/c2*1-12-6-2-5-9-16(12)15-10-13-7-3-4-8-14(13)11-15;;;;;;/h2*2-11H,1H3;2*1H3;2*1H;1H2;. The van der Waals surface area contributed by atoms with Crippen LogP contribution in [-0.4, -0.2) is 6.88 Å². The van der Waals surface area contributed by atoms with Crippen molar-refractivity contribution in [1.29, 1.82) is 0 Å². The summed E-state index contributed by atoms with van der Waals surface area (Å²) in [7, 11) is 0. The van der Waals surface area contributed by atoms with Crippen LogP contribution in [-0.2, 0) is 17.4 Å². The second kappa shape index (κ2) is 10.5. The minimum absolute atomic E-state index is 0. The molecule has 0 saturated carbocycles. The average Bonchev–Trinajstić information content (AvgIpc) is 3.45. The van der Waals surface area contributed by atoms with Crippen LogP contribution in [0.3, 0.4) is 0 Å². The van der Waals surface area contributed by atoms with Crippen LogP contribution in [0.5, 0.6) is 0 Å². The number of benzene rings is 4. The van der Waals surface area contributed by atoms with Gasteiger partial charge in [0.05, 0.1) is 0 Å². The molecule has 0 N–H and O–H groups in total. The fourth-order valence-electron chi connectivity index (χ4n) is 7.12. The molecule has 4 aromatic carbocycles. The van der Waals surface area contributed by atoms with Crippen molar-refractivity contribution in [3.05, 3.63) is 142 Å². The Morgan fingerprint density at radius 1 is 0.526 bits per heavy atom. The van der Waals surface area contributed by atoms with Crippen molar-refractivity contribution >= 4 is 55.0 Å². The van der Waals surface area contributed by atoms with Gasteiger partial charge in [-0.1, -0.05) is 0 Å². The minimum Gasteiger partial charge on any atom is -0.147 e. The van der Waals surface area contributed by atoms with E-state index in [1.54, 1.807) is 0 Å². The number of hydrogen-bond acceptors (Lipinski definition) is 0.